The van der Waals surface area contributed by atoms with Crippen molar-refractivity contribution in [3.63, 3.8) is 0 Å². The van der Waals surface area contributed by atoms with Gasteiger partial charge in [0.1, 0.15) is 18.4 Å². The Balaban J connectivity index is 0.000000437. The van der Waals surface area contributed by atoms with E-state index in [1.807, 2.05) is 57.8 Å². The van der Waals surface area contributed by atoms with Gasteiger partial charge >= 0.3 is 17.1 Å². The van der Waals surface area contributed by atoms with Gasteiger partial charge in [-0.05, 0) is 63.9 Å². The fraction of sp³-hybridized carbons (Fsp3) is 0. The molecule has 144 valence electrons. The maximum absolute atomic E-state index is 12.8. The molecule has 1 heterocycles. The first-order chi connectivity index (χ1) is 13.6. The van der Waals surface area contributed by atoms with Crippen molar-refractivity contribution >= 4 is 17.2 Å². The van der Waals surface area contributed by atoms with Crippen LogP contribution in [0.2, 0.25) is 0 Å². The first-order valence-corrected chi connectivity index (χ1v) is 8.39. The molecule has 1 aromatic carbocycles. The molecule has 8 heteroatoms. The molecule has 7 nitrogen and oxygen atoms in total. The third kappa shape index (κ3) is 6.61. The van der Waals surface area contributed by atoms with Gasteiger partial charge in [-0.2, -0.15) is 5.10 Å². The molecular formula is C21H16FeN4O3+2. The molecule has 2 aliphatic rings. The molecule has 0 amide bonds. The summed E-state index contributed by atoms with van der Waals surface area (Å²) in [6.45, 7) is 0. The maximum Gasteiger partial charge on any atom is 2.00 e. The summed E-state index contributed by atoms with van der Waals surface area (Å²) in [6.07, 6.45) is 21.8. The standard InChI is InChI=1S/C16H11N4O3.C5H5.Fe/c21-16(13-6-3-7-14(9-13)20(22)23)15(19-11-17-10-18-19)8-12-4-1-2-5-12;1-2-4-5-3-1;/h1-11H;1-5H;/q;;+2/b15-8-;;. The van der Waals surface area contributed by atoms with Crippen LogP contribution in [0.25, 0.3) is 5.70 Å². The summed E-state index contributed by atoms with van der Waals surface area (Å²) in [5, 5.41) is 14.9. The van der Waals surface area contributed by atoms with Crippen LogP contribution in [0, 0.1) is 73.8 Å². The van der Waals surface area contributed by atoms with Gasteiger partial charge in [-0.25, -0.2) is 9.67 Å². The summed E-state index contributed by atoms with van der Waals surface area (Å²) < 4.78 is 1.34. The van der Waals surface area contributed by atoms with Crippen molar-refractivity contribution in [2.45, 2.75) is 0 Å². The van der Waals surface area contributed by atoms with Crippen LogP contribution < -0.4 is 0 Å². The minimum atomic E-state index is -0.535. The molecule has 10 radical (unpaired) electrons. The number of nitro benzene ring substituents is 1. The molecular weight excluding hydrogens is 412 g/mol. The van der Waals surface area contributed by atoms with Gasteiger partial charge in [0.25, 0.3) is 5.69 Å². The fourth-order valence-corrected chi connectivity index (χ4v) is 2.44. The van der Waals surface area contributed by atoms with Crippen LogP contribution in [-0.2, 0) is 17.1 Å². The van der Waals surface area contributed by atoms with Crippen LogP contribution in [0.15, 0.2) is 43.0 Å². The van der Waals surface area contributed by atoms with Crippen LogP contribution >= 0.6 is 0 Å². The monoisotopic (exact) mass is 428 g/mol. The summed E-state index contributed by atoms with van der Waals surface area (Å²) >= 11 is 0. The zero-order chi connectivity index (χ0) is 19.8. The molecule has 29 heavy (non-hydrogen) atoms. The van der Waals surface area contributed by atoms with E-state index >= 15 is 0 Å². The van der Waals surface area contributed by atoms with E-state index < -0.39 is 4.92 Å². The quantitative estimate of drug-likeness (QED) is 0.240. The number of carbonyl (C=O) groups excluding carboxylic acids is 1. The molecule has 0 atom stereocenters. The molecule has 4 rings (SSSR count). The van der Waals surface area contributed by atoms with E-state index in [9.17, 15) is 14.9 Å². The Morgan fingerprint density at radius 3 is 2.24 bits per heavy atom. The van der Waals surface area contributed by atoms with Crippen LogP contribution in [0.1, 0.15) is 10.4 Å². The minimum Gasteiger partial charge on any atom is -0.287 e. The Bertz CT molecular complexity index is 819. The molecule has 0 bridgehead atoms. The Morgan fingerprint density at radius 2 is 1.69 bits per heavy atom. The van der Waals surface area contributed by atoms with Gasteiger partial charge in [-0.1, -0.05) is 12.1 Å². The molecule has 2 fully saturated rings. The molecule has 0 spiro atoms. The van der Waals surface area contributed by atoms with Gasteiger partial charge < -0.3 is 0 Å². The molecule has 2 saturated carbocycles. The number of rotatable bonds is 5. The number of non-ortho nitro benzene ring substituents is 1. The summed E-state index contributed by atoms with van der Waals surface area (Å²) in [6, 6.07) is 5.60. The second kappa shape index (κ2) is 11.6. The summed E-state index contributed by atoms with van der Waals surface area (Å²) in [5.74, 6) is 0.453. The van der Waals surface area contributed by atoms with Gasteiger partial charge in [0.15, 0.2) is 0 Å². The molecule has 0 N–H and O–H groups in total. The van der Waals surface area contributed by atoms with E-state index in [4.69, 9.17) is 0 Å². The number of nitro groups is 1. The predicted octanol–water partition coefficient (Wildman–Crippen LogP) is 3.33. The molecule has 1 aromatic heterocycles. The van der Waals surface area contributed by atoms with Crippen LogP contribution in [0.4, 0.5) is 5.69 Å². The first-order valence-electron chi connectivity index (χ1n) is 8.39. The number of allylic oxidation sites excluding steroid dienone is 2. The van der Waals surface area contributed by atoms with Gasteiger partial charge in [-0.3, -0.25) is 14.9 Å². The first kappa shape index (κ1) is 23.0. The number of hydrogen-bond acceptors (Lipinski definition) is 5. The number of ketones is 1. The second-order valence-corrected chi connectivity index (χ2v) is 5.69. The Kier molecular flexibility index (Phi) is 9.22. The van der Waals surface area contributed by atoms with Crippen molar-refractivity contribution in [3.8, 4) is 0 Å². The number of Topliss-reactive ketones (excluding diaryl/α,β-unsaturated/α-hetero) is 1. The second-order valence-electron chi connectivity index (χ2n) is 5.69. The fourth-order valence-electron chi connectivity index (χ4n) is 2.44. The minimum absolute atomic E-state index is 0. The summed E-state index contributed by atoms with van der Waals surface area (Å²) in [7, 11) is 0. The van der Waals surface area contributed by atoms with Crippen molar-refractivity contribution in [3.05, 3.63) is 122 Å². The number of carbonyl (C=O) groups is 1. The van der Waals surface area contributed by atoms with E-state index in [1.165, 1.54) is 41.6 Å². The van der Waals surface area contributed by atoms with Crippen molar-refractivity contribution < 1.29 is 26.8 Å². The zero-order valence-corrected chi connectivity index (χ0v) is 16.2. The third-order valence-electron chi connectivity index (χ3n) is 3.76. The normalized spacial score (nSPS) is 16.6. The van der Waals surface area contributed by atoms with Crippen molar-refractivity contribution in [1.29, 1.82) is 0 Å². The van der Waals surface area contributed by atoms with E-state index in [-0.39, 0.29) is 39.8 Å². The van der Waals surface area contributed by atoms with Crippen molar-refractivity contribution in [1.82, 2.24) is 14.8 Å². The molecule has 0 aliphatic heterocycles. The maximum atomic E-state index is 12.8. The molecule has 0 unspecified atom stereocenters. The predicted molar refractivity (Wildman–Crippen MR) is 104 cm³/mol. The Morgan fingerprint density at radius 1 is 1.03 bits per heavy atom. The van der Waals surface area contributed by atoms with Crippen LogP contribution in [0.3, 0.4) is 0 Å². The Labute approximate surface area is 181 Å². The topological polar surface area (TPSA) is 90.9 Å². The summed E-state index contributed by atoms with van der Waals surface area (Å²) in [4.78, 5) is 27.0. The van der Waals surface area contributed by atoms with Gasteiger partial charge in [0.2, 0.25) is 5.78 Å². The van der Waals surface area contributed by atoms with E-state index in [0.29, 0.717) is 0 Å². The Hall–Kier alpha value is -2.31. The number of nitrogens with zero attached hydrogens (tertiary/aromatic N) is 4. The van der Waals surface area contributed by atoms with Crippen molar-refractivity contribution in [2.24, 2.45) is 0 Å². The smallest absolute Gasteiger partial charge is 0.287 e. The van der Waals surface area contributed by atoms with Crippen LogP contribution in [-0.4, -0.2) is 25.5 Å². The molecule has 0 saturated heterocycles. The SMILES string of the molecule is O=C(/C(=C/[C]1[CH][CH][CH][CH]1)n1cncn1)c1cccc([N+](=O)[O-])c1.[CH]1[CH][CH][CH][CH]1.[Fe+2]. The van der Waals surface area contributed by atoms with Crippen LogP contribution in [0.5, 0.6) is 0 Å². The van der Waals surface area contributed by atoms with Crippen molar-refractivity contribution in [2.75, 3.05) is 0 Å². The van der Waals surface area contributed by atoms with E-state index in [1.54, 1.807) is 6.08 Å². The van der Waals surface area contributed by atoms with E-state index in [0.717, 1.165) is 5.92 Å². The zero-order valence-electron chi connectivity index (χ0n) is 15.1. The average molecular weight is 428 g/mol. The van der Waals surface area contributed by atoms with Gasteiger partial charge in [0, 0.05) is 23.6 Å². The molecule has 2 aromatic rings. The van der Waals surface area contributed by atoms with Gasteiger partial charge in [0.05, 0.1) is 4.92 Å². The third-order valence-corrected chi connectivity index (χ3v) is 3.76. The number of aromatic nitrogens is 3. The van der Waals surface area contributed by atoms with Gasteiger partial charge in [-0.15, -0.1) is 0 Å². The number of benzene rings is 1. The largest absolute Gasteiger partial charge is 2.00 e. The molecule has 2 aliphatic carbocycles. The van der Waals surface area contributed by atoms with E-state index in [2.05, 4.69) is 10.1 Å². The summed E-state index contributed by atoms with van der Waals surface area (Å²) in [5.41, 5.74) is 0.337. The number of hydrogen-bond donors (Lipinski definition) is 0. The average Bonchev–Trinajstić information content (AvgIpc) is 3.50.